The molecule has 1 heterocycles. The number of alkyl halides is 3. The summed E-state index contributed by atoms with van der Waals surface area (Å²) in [6, 6.07) is 13.5. The average Bonchev–Trinajstić information content (AvgIpc) is 2.97. The summed E-state index contributed by atoms with van der Waals surface area (Å²) in [5, 5.41) is 4.74. The SMILES string of the molecule is O=C(NCCOc1ccc2ccccc2c1)[C@H]1CC(=O)N(CC(F)(F)F)C1. The molecule has 1 atom stereocenters. The highest BCUT2D eigenvalue weighted by atomic mass is 19.4. The molecule has 0 radical (unpaired) electrons. The largest absolute Gasteiger partial charge is 0.492 e. The summed E-state index contributed by atoms with van der Waals surface area (Å²) < 4.78 is 42.8. The van der Waals surface area contributed by atoms with Gasteiger partial charge in [0.2, 0.25) is 11.8 Å². The fourth-order valence-corrected chi connectivity index (χ4v) is 3.06. The molecule has 3 rings (SSSR count). The van der Waals surface area contributed by atoms with Crippen LogP contribution in [0.2, 0.25) is 0 Å². The maximum absolute atomic E-state index is 12.4. The summed E-state index contributed by atoms with van der Waals surface area (Å²) in [6.07, 6.45) is -4.66. The molecule has 2 amide bonds. The van der Waals surface area contributed by atoms with Gasteiger partial charge in [-0.15, -0.1) is 0 Å². The zero-order valence-corrected chi connectivity index (χ0v) is 14.5. The molecule has 0 unspecified atom stereocenters. The van der Waals surface area contributed by atoms with Crippen molar-refractivity contribution in [2.45, 2.75) is 12.6 Å². The number of amides is 2. The Morgan fingerprint density at radius 2 is 1.93 bits per heavy atom. The highest BCUT2D eigenvalue weighted by Gasteiger charge is 2.40. The van der Waals surface area contributed by atoms with Gasteiger partial charge in [0.25, 0.3) is 0 Å². The molecular formula is C19H19F3N2O3. The molecular weight excluding hydrogens is 361 g/mol. The fraction of sp³-hybridized carbons (Fsp3) is 0.368. The maximum Gasteiger partial charge on any atom is 0.406 e. The number of rotatable bonds is 6. The van der Waals surface area contributed by atoms with Crippen molar-refractivity contribution in [3.8, 4) is 5.75 Å². The predicted molar refractivity (Wildman–Crippen MR) is 93.2 cm³/mol. The van der Waals surface area contributed by atoms with Crippen LogP contribution in [-0.2, 0) is 9.59 Å². The number of halogens is 3. The lowest BCUT2D eigenvalue weighted by Crippen LogP contribution is -2.38. The van der Waals surface area contributed by atoms with E-state index < -0.39 is 30.5 Å². The number of benzene rings is 2. The van der Waals surface area contributed by atoms with Crippen LogP contribution in [0.1, 0.15) is 6.42 Å². The Balaban J connectivity index is 1.43. The van der Waals surface area contributed by atoms with Gasteiger partial charge < -0.3 is 15.0 Å². The molecule has 0 aliphatic carbocycles. The van der Waals surface area contributed by atoms with E-state index in [1.807, 2.05) is 42.5 Å². The van der Waals surface area contributed by atoms with E-state index in [2.05, 4.69) is 5.32 Å². The number of carbonyl (C=O) groups is 2. The number of hydrogen-bond acceptors (Lipinski definition) is 3. The number of carbonyl (C=O) groups excluding carboxylic acids is 2. The monoisotopic (exact) mass is 380 g/mol. The van der Waals surface area contributed by atoms with E-state index in [9.17, 15) is 22.8 Å². The molecule has 8 heteroatoms. The summed E-state index contributed by atoms with van der Waals surface area (Å²) in [4.78, 5) is 24.3. The lowest BCUT2D eigenvalue weighted by Gasteiger charge is -2.18. The highest BCUT2D eigenvalue weighted by Crippen LogP contribution is 2.24. The Hall–Kier alpha value is -2.77. The van der Waals surface area contributed by atoms with Crippen LogP contribution in [0.15, 0.2) is 42.5 Å². The van der Waals surface area contributed by atoms with Gasteiger partial charge in [-0.1, -0.05) is 30.3 Å². The molecule has 2 aromatic carbocycles. The van der Waals surface area contributed by atoms with Crippen LogP contribution in [0.5, 0.6) is 5.75 Å². The Kier molecular flexibility index (Phi) is 5.53. The van der Waals surface area contributed by atoms with E-state index in [1.165, 1.54) is 0 Å². The van der Waals surface area contributed by atoms with Crippen LogP contribution < -0.4 is 10.1 Å². The minimum atomic E-state index is -4.46. The van der Waals surface area contributed by atoms with Crippen molar-refractivity contribution in [1.29, 1.82) is 0 Å². The van der Waals surface area contributed by atoms with Gasteiger partial charge in [0.1, 0.15) is 18.9 Å². The molecule has 1 saturated heterocycles. The highest BCUT2D eigenvalue weighted by molar-refractivity contribution is 5.89. The van der Waals surface area contributed by atoms with Crippen LogP contribution in [0.3, 0.4) is 0 Å². The molecule has 144 valence electrons. The lowest BCUT2D eigenvalue weighted by atomic mass is 10.1. The fourth-order valence-electron chi connectivity index (χ4n) is 3.06. The van der Waals surface area contributed by atoms with Crippen molar-refractivity contribution in [1.82, 2.24) is 10.2 Å². The Labute approximate surface area is 154 Å². The number of nitrogens with zero attached hydrogens (tertiary/aromatic N) is 1. The van der Waals surface area contributed by atoms with Gasteiger partial charge >= 0.3 is 6.18 Å². The van der Waals surface area contributed by atoms with E-state index in [0.717, 1.165) is 10.8 Å². The maximum atomic E-state index is 12.4. The first-order chi connectivity index (χ1) is 12.8. The second-order valence-corrected chi connectivity index (χ2v) is 6.44. The second-order valence-electron chi connectivity index (χ2n) is 6.44. The van der Waals surface area contributed by atoms with E-state index >= 15 is 0 Å². The summed E-state index contributed by atoms with van der Waals surface area (Å²) in [5.74, 6) is -1.19. The van der Waals surface area contributed by atoms with Crippen LogP contribution in [-0.4, -0.2) is 49.1 Å². The van der Waals surface area contributed by atoms with Crippen molar-refractivity contribution in [2.24, 2.45) is 5.92 Å². The number of ether oxygens (including phenoxy) is 1. The van der Waals surface area contributed by atoms with E-state index in [1.54, 1.807) is 0 Å². The summed E-state index contributed by atoms with van der Waals surface area (Å²) in [5.41, 5.74) is 0. The topological polar surface area (TPSA) is 58.6 Å². The third-order valence-corrected chi connectivity index (χ3v) is 4.35. The first-order valence-corrected chi connectivity index (χ1v) is 8.56. The Bertz CT molecular complexity index is 838. The number of nitrogens with one attached hydrogen (secondary N) is 1. The van der Waals surface area contributed by atoms with E-state index in [4.69, 9.17) is 4.74 Å². The minimum absolute atomic E-state index is 0.201. The third kappa shape index (κ3) is 5.12. The third-order valence-electron chi connectivity index (χ3n) is 4.35. The molecule has 0 spiro atoms. The average molecular weight is 380 g/mol. The standard InChI is InChI=1S/C19H19F3N2O3/c20-19(21,22)12-24-11-15(10-17(24)25)18(26)23-7-8-27-16-6-5-13-3-1-2-4-14(13)9-16/h1-6,9,15H,7-8,10-12H2,(H,23,26)/t15-/m0/s1. The first kappa shape index (κ1) is 19.0. The van der Waals surface area contributed by atoms with Crippen LogP contribution in [0.4, 0.5) is 13.2 Å². The molecule has 1 fully saturated rings. The molecule has 27 heavy (non-hydrogen) atoms. The molecule has 1 aliphatic heterocycles. The van der Waals surface area contributed by atoms with Crippen molar-refractivity contribution < 1.29 is 27.5 Å². The van der Waals surface area contributed by atoms with Gasteiger partial charge in [-0.05, 0) is 22.9 Å². The smallest absolute Gasteiger partial charge is 0.406 e. The predicted octanol–water partition coefficient (Wildman–Crippen LogP) is 2.75. The van der Waals surface area contributed by atoms with Crippen LogP contribution in [0, 0.1) is 5.92 Å². The van der Waals surface area contributed by atoms with Gasteiger partial charge in [0, 0.05) is 13.0 Å². The number of hydrogen-bond donors (Lipinski definition) is 1. The van der Waals surface area contributed by atoms with Crippen molar-refractivity contribution >= 4 is 22.6 Å². The van der Waals surface area contributed by atoms with Gasteiger partial charge in [0.05, 0.1) is 12.5 Å². The van der Waals surface area contributed by atoms with Crippen molar-refractivity contribution in [2.75, 3.05) is 26.2 Å². The zero-order chi connectivity index (χ0) is 19.4. The van der Waals surface area contributed by atoms with Crippen molar-refractivity contribution in [3.05, 3.63) is 42.5 Å². The second kappa shape index (κ2) is 7.85. The normalized spacial score (nSPS) is 17.4. The molecule has 5 nitrogen and oxygen atoms in total. The molecule has 0 bridgehead atoms. The van der Waals surface area contributed by atoms with E-state index in [0.29, 0.717) is 10.6 Å². The summed E-state index contributed by atoms with van der Waals surface area (Å²) in [7, 11) is 0. The number of fused-ring (bicyclic) bond motifs is 1. The number of likely N-dealkylation sites (tertiary alicyclic amines) is 1. The molecule has 0 saturated carbocycles. The summed E-state index contributed by atoms with van der Waals surface area (Å²) >= 11 is 0. The summed E-state index contributed by atoms with van der Waals surface area (Å²) in [6.45, 7) is -1.11. The van der Waals surface area contributed by atoms with Crippen LogP contribution in [0.25, 0.3) is 10.8 Å². The quantitative estimate of drug-likeness (QED) is 0.784. The lowest BCUT2D eigenvalue weighted by molar-refractivity contribution is -0.157. The minimum Gasteiger partial charge on any atom is -0.492 e. The zero-order valence-electron chi connectivity index (χ0n) is 14.5. The van der Waals surface area contributed by atoms with Gasteiger partial charge in [-0.2, -0.15) is 13.2 Å². The first-order valence-electron chi connectivity index (χ1n) is 8.56. The molecule has 2 aromatic rings. The Morgan fingerprint density at radius 3 is 2.67 bits per heavy atom. The molecule has 1 aliphatic rings. The molecule has 1 N–H and O–H groups in total. The van der Waals surface area contributed by atoms with Gasteiger partial charge in [-0.3, -0.25) is 9.59 Å². The molecule has 0 aromatic heterocycles. The Morgan fingerprint density at radius 1 is 1.19 bits per heavy atom. The van der Waals surface area contributed by atoms with Crippen LogP contribution >= 0.6 is 0 Å². The van der Waals surface area contributed by atoms with Gasteiger partial charge in [0.15, 0.2) is 0 Å². The van der Waals surface area contributed by atoms with Crippen molar-refractivity contribution in [3.63, 3.8) is 0 Å². The van der Waals surface area contributed by atoms with E-state index in [-0.39, 0.29) is 26.1 Å². The van der Waals surface area contributed by atoms with Gasteiger partial charge in [-0.25, -0.2) is 0 Å².